The van der Waals surface area contributed by atoms with Gasteiger partial charge in [0.15, 0.2) is 0 Å². The van der Waals surface area contributed by atoms with Gasteiger partial charge in [-0.3, -0.25) is 19.2 Å². The maximum Gasteiger partial charge on any atom is 0.407 e. The topological polar surface area (TPSA) is 174 Å². The molecule has 1 rings (SSSR count). The van der Waals surface area contributed by atoms with Gasteiger partial charge in [-0.25, -0.2) is 4.79 Å². The number of ether oxygens (including phenoxy) is 7. The molecule has 1 aromatic carbocycles. The average Bonchev–Trinajstić information content (AvgIpc) is 2.97. The highest BCUT2D eigenvalue weighted by Crippen LogP contribution is 2.11. The smallest absolute Gasteiger partial charge is 0.407 e. The molecule has 0 unspecified atom stereocenters. The van der Waals surface area contributed by atoms with Crippen LogP contribution in [0.25, 0.3) is 0 Å². The Hall–Kier alpha value is -3.75. The second kappa shape index (κ2) is 20.2. The highest BCUT2D eigenvalue weighted by Gasteiger charge is 2.34. The number of amides is 2. The standard InChI is InChI=1S/C26H38N2O12/c1-34-22(30)9-12-37-17-26(18-38-13-10-23(31)35-2,19-39-14-11-24(32)36-3)28-21(29)15-27-25(33)40-16-20-7-5-4-6-8-20/h4-8H,9-19H2,1-3H3,(H,27,33)(H,28,29). The number of nitrogens with one attached hydrogen (secondary N) is 2. The molecular weight excluding hydrogens is 532 g/mol. The molecule has 40 heavy (non-hydrogen) atoms. The zero-order valence-corrected chi connectivity index (χ0v) is 23.1. The Bertz CT molecular complexity index is 866. The highest BCUT2D eigenvalue weighted by molar-refractivity contribution is 5.82. The molecule has 0 aliphatic rings. The molecule has 0 aliphatic carbocycles. The molecule has 14 nitrogen and oxygen atoms in total. The van der Waals surface area contributed by atoms with Gasteiger partial charge in [-0.15, -0.1) is 0 Å². The van der Waals surface area contributed by atoms with Crippen LogP contribution in [0.15, 0.2) is 30.3 Å². The third-order valence-electron chi connectivity index (χ3n) is 5.18. The van der Waals surface area contributed by atoms with E-state index in [9.17, 15) is 24.0 Å². The largest absolute Gasteiger partial charge is 0.469 e. The van der Waals surface area contributed by atoms with Crippen LogP contribution in [0.2, 0.25) is 0 Å². The number of hydrogen-bond acceptors (Lipinski definition) is 12. The lowest BCUT2D eigenvalue weighted by molar-refractivity contribution is -0.143. The van der Waals surface area contributed by atoms with Gasteiger partial charge in [0.1, 0.15) is 18.7 Å². The third-order valence-corrected chi connectivity index (χ3v) is 5.18. The van der Waals surface area contributed by atoms with E-state index in [0.29, 0.717) is 0 Å². The Morgan fingerprint density at radius 2 is 1.15 bits per heavy atom. The molecule has 2 amide bonds. The van der Waals surface area contributed by atoms with Gasteiger partial charge >= 0.3 is 24.0 Å². The van der Waals surface area contributed by atoms with Gasteiger partial charge in [0.25, 0.3) is 0 Å². The van der Waals surface area contributed by atoms with Crippen LogP contribution in [0.5, 0.6) is 0 Å². The summed E-state index contributed by atoms with van der Waals surface area (Å²) in [5.41, 5.74) is -0.548. The van der Waals surface area contributed by atoms with E-state index in [1.54, 1.807) is 24.3 Å². The number of esters is 3. The number of benzene rings is 1. The molecule has 2 N–H and O–H groups in total. The summed E-state index contributed by atoms with van der Waals surface area (Å²) < 4.78 is 35.7. The first-order chi connectivity index (χ1) is 19.2. The Morgan fingerprint density at radius 3 is 1.57 bits per heavy atom. The first-order valence-electron chi connectivity index (χ1n) is 12.4. The van der Waals surface area contributed by atoms with Crippen molar-refractivity contribution in [1.29, 1.82) is 0 Å². The summed E-state index contributed by atoms with van der Waals surface area (Å²) in [5.74, 6) is -2.09. The fourth-order valence-corrected chi connectivity index (χ4v) is 3.08. The molecule has 0 saturated carbocycles. The lowest BCUT2D eigenvalue weighted by Gasteiger charge is -2.34. The first-order valence-corrected chi connectivity index (χ1v) is 12.4. The predicted molar refractivity (Wildman–Crippen MR) is 138 cm³/mol. The lowest BCUT2D eigenvalue weighted by atomic mass is 10.0. The van der Waals surface area contributed by atoms with E-state index in [1.807, 2.05) is 6.07 Å². The van der Waals surface area contributed by atoms with Crippen LogP contribution >= 0.6 is 0 Å². The van der Waals surface area contributed by atoms with E-state index in [-0.39, 0.29) is 65.5 Å². The van der Waals surface area contributed by atoms with Crippen molar-refractivity contribution >= 4 is 29.9 Å². The molecule has 0 aromatic heterocycles. The van der Waals surface area contributed by atoms with Crippen LogP contribution in [0.3, 0.4) is 0 Å². The van der Waals surface area contributed by atoms with Crippen LogP contribution in [0, 0.1) is 0 Å². The summed E-state index contributed by atoms with van der Waals surface area (Å²) in [5, 5.41) is 5.10. The third kappa shape index (κ3) is 15.6. The summed E-state index contributed by atoms with van der Waals surface area (Å²) in [6.45, 7) is -1.04. The van der Waals surface area contributed by atoms with Crippen LogP contribution in [0.1, 0.15) is 24.8 Å². The van der Waals surface area contributed by atoms with Gasteiger partial charge in [0.05, 0.1) is 80.2 Å². The highest BCUT2D eigenvalue weighted by atomic mass is 16.6. The second-order valence-corrected chi connectivity index (χ2v) is 8.38. The van der Waals surface area contributed by atoms with Crippen molar-refractivity contribution in [2.24, 2.45) is 0 Å². The molecule has 224 valence electrons. The first kappa shape index (κ1) is 34.3. The quantitative estimate of drug-likeness (QED) is 0.126. The molecule has 0 aliphatic heterocycles. The molecule has 14 heteroatoms. The molecule has 1 aromatic rings. The van der Waals surface area contributed by atoms with Gasteiger partial charge in [-0.1, -0.05) is 30.3 Å². The van der Waals surface area contributed by atoms with E-state index in [4.69, 9.17) is 18.9 Å². The Kier molecular flexibility index (Phi) is 17.3. The SMILES string of the molecule is COC(=O)CCOCC(COCCC(=O)OC)(COCCC(=O)OC)NC(=O)CNC(=O)OCc1ccccc1. The van der Waals surface area contributed by atoms with Crippen molar-refractivity contribution in [1.82, 2.24) is 10.6 Å². The normalized spacial score (nSPS) is 10.8. The van der Waals surface area contributed by atoms with E-state index >= 15 is 0 Å². The number of rotatable bonds is 20. The average molecular weight is 571 g/mol. The maximum atomic E-state index is 12.8. The van der Waals surface area contributed by atoms with Crippen LogP contribution in [-0.4, -0.2) is 103 Å². The number of alkyl carbamates (subject to hydrolysis) is 1. The molecule has 0 spiro atoms. The summed E-state index contributed by atoms with van der Waals surface area (Å²) in [4.78, 5) is 59.3. The van der Waals surface area contributed by atoms with Crippen molar-refractivity contribution in [3.05, 3.63) is 35.9 Å². The molecular formula is C26H38N2O12. The molecule has 0 heterocycles. The number of carbonyl (C=O) groups excluding carboxylic acids is 5. The van der Waals surface area contributed by atoms with Gasteiger partial charge in [0.2, 0.25) is 5.91 Å². The van der Waals surface area contributed by atoms with Crippen molar-refractivity contribution in [3.8, 4) is 0 Å². The van der Waals surface area contributed by atoms with Crippen molar-refractivity contribution in [3.63, 3.8) is 0 Å². The Balaban J connectivity index is 2.84. The fourth-order valence-electron chi connectivity index (χ4n) is 3.08. The monoisotopic (exact) mass is 570 g/mol. The maximum absolute atomic E-state index is 12.8. The Morgan fingerprint density at radius 1 is 0.700 bits per heavy atom. The molecule has 0 bridgehead atoms. The van der Waals surface area contributed by atoms with Crippen molar-refractivity contribution in [2.45, 2.75) is 31.4 Å². The minimum Gasteiger partial charge on any atom is -0.469 e. The van der Waals surface area contributed by atoms with Crippen molar-refractivity contribution in [2.75, 3.05) is 67.5 Å². The van der Waals surface area contributed by atoms with E-state index < -0.39 is 42.0 Å². The van der Waals surface area contributed by atoms with Gasteiger partial charge < -0.3 is 43.8 Å². The van der Waals surface area contributed by atoms with Gasteiger partial charge in [0, 0.05) is 0 Å². The number of hydrogen-bond donors (Lipinski definition) is 2. The number of methoxy groups -OCH3 is 3. The predicted octanol–water partition coefficient (Wildman–Crippen LogP) is 0.507. The van der Waals surface area contributed by atoms with Crippen LogP contribution in [-0.2, 0) is 58.9 Å². The lowest BCUT2D eigenvalue weighted by Crippen LogP contribution is -2.60. The van der Waals surface area contributed by atoms with E-state index in [1.165, 1.54) is 21.3 Å². The molecule has 0 fully saturated rings. The minimum atomic E-state index is -1.32. The minimum absolute atomic E-state index is 0.0222. The zero-order chi connectivity index (χ0) is 29.6. The molecule has 0 atom stereocenters. The second-order valence-electron chi connectivity index (χ2n) is 8.38. The van der Waals surface area contributed by atoms with Gasteiger partial charge in [-0.05, 0) is 5.56 Å². The Labute approximate surface area is 232 Å². The summed E-state index contributed by atoms with van der Waals surface area (Å²) >= 11 is 0. The zero-order valence-electron chi connectivity index (χ0n) is 23.1. The van der Waals surface area contributed by atoms with E-state index in [0.717, 1.165) is 5.56 Å². The van der Waals surface area contributed by atoms with Crippen LogP contribution in [0.4, 0.5) is 4.79 Å². The summed E-state index contributed by atoms with van der Waals surface area (Å²) in [7, 11) is 3.74. The van der Waals surface area contributed by atoms with Gasteiger partial charge in [-0.2, -0.15) is 0 Å². The summed E-state index contributed by atoms with van der Waals surface area (Å²) in [6.07, 6.45) is -0.923. The molecule has 0 radical (unpaired) electrons. The fraction of sp³-hybridized carbons (Fsp3) is 0.577. The van der Waals surface area contributed by atoms with Crippen LogP contribution < -0.4 is 10.6 Å². The number of carbonyl (C=O) groups is 5. The van der Waals surface area contributed by atoms with E-state index in [2.05, 4.69) is 24.8 Å². The summed E-state index contributed by atoms with van der Waals surface area (Å²) in [6, 6.07) is 9.01. The van der Waals surface area contributed by atoms with Crippen molar-refractivity contribution < 1.29 is 57.1 Å². The molecule has 0 saturated heterocycles.